The van der Waals surface area contributed by atoms with E-state index in [1.165, 1.54) is 0 Å². The van der Waals surface area contributed by atoms with E-state index in [0.29, 0.717) is 33.0 Å². The van der Waals surface area contributed by atoms with Gasteiger partial charge in [-0.3, -0.25) is 0 Å². The number of rotatable bonds is 14. The molecule has 0 aromatic heterocycles. The summed E-state index contributed by atoms with van der Waals surface area (Å²) in [6.07, 6.45) is 4.40. The molecule has 0 spiro atoms. The van der Waals surface area contributed by atoms with Gasteiger partial charge < -0.3 is 23.7 Å². The molecule has 5 rings (SSSR count). The van der Waals surface area contributed by atoms with E-state index in [0.717, 1.165) is 34.4 Å². The lowest BCUT2D eigenvalue weighted by atomic mass is 9.93. The van der Waals surface area contributed by atoms with Crippen LogP contribution in [-0.4, -0.2) is 32.0 Å². The highest BCUT2D eigenvalue weighted by Gasteiger charge is 2.38. The van der Waals surface area contributed by atoms with E-state index in [-0.39, 0.29) is 24.2 Å². The fraction of sp³-hybridized carbons (Fsp3) is 0.297. The Hall–Kier alpha value is -3.74. The van der Waals surface area contributed by atoms with Crippen LogP contribution in [0.25, 0.3) is 0 Å². The molecule has 0 unspecified atom stereocenters. The van der Waals surface area contributed by atoms with Crippen LogP contribution in [0.5, 0.6) is 5.75 Å². The molecule has 4 atom stereocenters. The summed E-state index contributed by atoms with van der Waals surface area (Å²) in [5.74, 6) is 0.766. The van der Waals surface area contributed by atoms with E-state index in [9.17, 15) is 0 Å². The van der Waals surface area contributed by atoms with E-state index in [2.05, 4.69) is 48.6 Å². The highest BCUT2D eigenvalue weighted by atomic mass is 16.5. The molecular weight excluding hydrogens is 524 g/mol. The van der Waals surface area contributed by atoms with E-state index >= 15 is 0 Å². The lowest BCUT2D eigenvalue weighted by Gasteiger charge is -2.35. The molecule has 5 heteroatoms. The van der Waals surface area contributed by atoms with Crippen LogP contribution in [0.3, 0.4) is 0 Å². The van der Waals surface area contributed by atoms with Crippen LogP contribution in [0, 0.1) is 5.92 Å². The second kappa shape index (κ2) is 16.0. The third-order valence-electron chi connectivity index (χ3n) is 7.53. The van der Waals surface area contributed by atoms with Gasteiger partial charge in [-0.05, 0) is 40.8 Å². The van der Waals surface area contributed by atoms with Gasteiger partial charge in [0, 0.05) is 5.92 Å². The first-order valence-corrected chi connectivity index (χ1v) is 14.6. The number of ether oxygens (including phenoxy) is 5. The van der Waals surface area contributed by atoms with Crippen molar-refractivity contribution in [2.75, 3.05) is 13.7 Å². The molecular formula is C37H40O5. The Labute approximate surface area is 249 Å². The second-order valence-electron chi connectivity index (χ2n) is 10.5. The van der Waals surface area contributed by atoms with Gasteiger partial charge in [0.2, 0.25) is 0 Å². The van der Waals surface area contributed by atoms with Crippen LogP contribution in [0.1, 0.15) is 28.7 Å². The first kappa shape index (κ1) is 29.7. The fourth-order valence-corrected chi connectivity index (χ4v) is 5.19. The monoisotopic (exact) mass is 564 g/mol. The Morgan fingerprint density at radius 2 is 1.10 bits per heavy atom. The van der Waals surface area contributed by atoms with Crippen molar-refractivity contribution >= 4 is 0 Å². The maximum atomic E-state index is 6.73. The molecule has 0 saturated carbocycles. The van der Waals surface area contributed by atoms with Crippen molar-refractivity contribution in [1.82, 2.24) is 0 Å². The highest BCUT2D eigenvalue weighted by Crippen LogP contribution is 2.30. The highest BCUT2D eigenvalue weighted by molar-refractivity contribution is 5.26. The van der Waals surface area contributed by atoms with Crippen LogP contribution >= 0.6 is 0 Å². The molecule has 0 heterocycles. The summed E-state index contributed by atoms with van der Waals surface area (Å²) in [4.78, 5) is 0. The minimum atomic E-state index is -0.274. The molecule has 0 radical (unpaired) electrons. The van der Waals surface area contributed by atoms with Gasteiger partial charge in [0.05, 0.1) is 52.4 Å². The first-order valence-electron chi connectivity index (χ1n) is 14.6. The average Bonchev–Trinajstić information content (AvgIpc) is 3.22. The first-order chi connectivity index (χ1) is 20.8. The molecule has 0 N–H and O–H groups in total. The van der Waals surface area contributed by atoms with Crippen molar-refractivity contribution < 1.29 is 23.7 Å². The second-order valence-corrected chi connectivity index (χ2v) is 10.5. The third-order valence-corrected chi connectivity index (χ3v) is 7.53. The summed E-state index contributed by atoms with van der Waals surface area (Å²) >= 11 is 0. The van der Waals surface area contributed by atoms with Gasteiger partial charge in [0.15, 0.2) is 0 Å². The molecule has 1 aliphatic rings. The van der Waals surface area contributed by atoms with E-state index in [4.69, 9.17) is 23.7 Å². The number of hydrogen-bond acceptors (Lipinski definition) is 5. The topological polar surface area (TPSA) is 46.2 Å². The molecule has 218 valence electrons. The van der Waals surface area contributed by atoms with Crippen LogP contribution in [0.15, 0.2) is 127 Å². The Bertz CT molecular complexity index is 1330. The van der Waals surface area contributed by atoms with Gasteiger partial charge in [-0.1, -0.05) is 115 Å². The summed E-state index contributed by atoms with van der Waals surface area (Å²) in [5, 5.41) is 0. The predicted octanol–water partition coefficient (Wildman–Crippen LogP) is 7.54. The molecule has 0 aliphatic heterocycles. The smallest absolute Gasteiger partial charge is 0.118 e. The van der Waals surface area contributed by atoms with Gasteiger partial charge in [-0.2, -0.15) is 0 Å². The molecule has 0 amide bonds. The zero-order valence-electron chi connectivity index (χ0n) is 24.2. The zero-order valence-corrected chi connectivity index (χ0v) is 24.2. The SMILES string of the molecule is COc1ccc(CO[C@H]2CC=C[C@@H](OCc3ccccc3)[C@H](OCc3ccccc3)[C@H]2COCc2ccccc2)cc1. The summed E-state index contributed by atoms with van der Waals surface area (Å²) in [6, 6.07) is 38.8. The van der Waals surface area contributed by atoms with Crippen molar-refractivity contribution in [3.63, 3.8) is 0 Å². The number of methoxy groups -OCH3 is 1. The van der Waals surface area contributed by atoms with Crippen molar-refractivity contribution in [2.45, 2.75) is 51.2 Å². The third kappa shape index (κ3) is 8.88. The van der Waals surface area contributed by atoms with Gasteiger partial charge in [-0.15, -0.1) is 0 Å². The minimum absolute atomic E-state index is 0.0635. The molecule has 4 aromatic carbocycles. The van der Waals surface area contributed by atoms with Crippen LogP contribution < -0.4 is 4.74 Å². The van der Waals surface area contributed by atoms with E-state index < -0.39 is 0 Å². The Morgan fingerprint density at radius 3 is 1.69 bits per heavy atom. The fourth-order valence-electron chi connectivity index (χ4n) is 5.19. The van der Waals surface area contributed by atoms with Crippen LogP contribution in [0.4, 0.5) is 0 Å². The van der Waals surface area contributed by atoms with Crippen LogP contribution in [-0.2, 0) is 45.4 Å². The number of benzene rings is 4. The zero-order chi connectivity index (χ0) is 28.8. The molecule has 1 aliphatic carbocycles. The standard InChI is InChI=1S/C37H40O5/c1-38-33-22-20-32(21-23-33)26-40-35-18-11-19-36(41-25-30-14-7-3-8-15-30)37(42-27-31-16-9-4-10-17-31)34(35)28-39-24-29-12-5-2-6-13-29/h2-17,19-23,34-37H,18,24-28H2,1H3/t34-,35-,36+,37+/m0/s1. The Balaban J connectivity index is 1.36. The summed E-state index contributed by atoms with van der Waals surface area (Å²) in [5.41, 5.74) is 4.47. The maximum absolute atomic E-state index is 6.73. The van der Waals surface area contributed by atoms with E-state index in [1.807, 2.05) is 78.9 Å². The maximum Gasteiger partial charge on any atom is 0.118 e. The number of hydrogen-bond donors (Lipinski definition) is 0. The molecule has 0 saturated heterocycles. The Kier molecular flexibility index (Phi) is 11.4. The molecule has 42 heavy (non-hydrogen) atoms. The van der Waals surface area contributed by atoms with Crippen molar-refractivity contribution in [3.05, 3.63) is 150 Å². The van der Waals surface area contributed by atoms with Gasteiger partial charge in [0.25, 0.3) is 0 Å². The lowest BCUT2D eigenvalue weighted by molar-refractivity contribution is -0.140. The molecule has 4 aromatic rings. The minimum Gasteiger partial charge on any atom is -0.497 e. The summed E-state index contributed by atoms with van der Waals surface area (Å²) in [7, 11) is 1.68. The Morgan fingerprint density at radius 1 is 0.571 bits per heavy atom. The quantitative estimate of drug-likeness (QED) is 0.148. The molecule has 0 bridgehead atoms. The van der Waals surface area contributed by atoms with Crippen molar-refractivity contribution in [2.24, 2.45) is 5.92 Å². The van der Waals surface area contributed by atoms with Crippen molar-refractivity contribution in [3.8, 4) is 5.75 Å². The van der Waals surface area contributed by atoms with Gasteiger partial charge in [-0.25, -0.2) is 0 Å². The normalized spacial score (nSPS) is 20.2. The average molecular weight is 565 g/mol. The molecule has 0 fully saturated rings. The van der Waals surface area contributed by atoms with Gasteiger partial charge >= 0.3 is 0 Å². The largest absolute Gasteiger partial charge is 0.497 e. The lowest BCUT2D eigenvalue weighted by Crippen LogP contribution is -2.44. The van der Waals surface area contributed by atoms with Crippen molar-refractivity contribution in [1.29, 1.82) is 0 Å². The molecule has 5 nitrogen and oxygen atoms in total. The van der Waals surface area contributed by atoms with Crippen LogP contribution in [0.2, 0.25) is 0 Å². The summed E-state index contributed by atoms with van der Waals surface area (Å²) < 4.78 is 31.6. The van der Waals surface area contributed by atoms with Gasteiger partial charge in [0.1, 0.15) is 11.9 Å². The predicted molar refractivity (Wildman–Crippen MR) is 165 cm³/mol. The summed E-state index contributed by atoms with van der Waals surface area (Å²) in [6.45, 7) is 2.46. The van der Waals surface area contributed by atoms with E-state index in [1.54, 1.807) is 7.11 Å².